The van der Waals surface area contributed by atoms with Gasteiger partial charge in [0.2, 0.25) is 0 Å². The second kappa shape index (κ2) is 12.8. The largest absolute Gasteiger partial charge is 0.491 e. The maximum Gasteiger partial charge on any atom is 0.182 e. The maximum atomic E-state index is 6.43. The second-order valence-electron chi connectivity index (χ2n) is 9.06. The molecule has 1 aliphatic rings. The summed E-state index contributed by atoms with van der Waals surface area (Å²) in [6, 6.07) is 12.9. The predicted molar refractivity (Wildman–Crippen MR) is 144 cm³/mol. The van der Waals surface area contributed by atoms with Crippen LogP contribution < -0.4 is 20.7 Å². The Hall–Kier alpha value is -3.31. The average Bonchev–Trinajstić information content (AvgIpc) is 3.61. The molecule has 0 spiro atoms. The zero-order valence-electron chi connectivity index (χ0n) is 21.1. The van der Waals surface area contributed by atoms with Crippen molar-refractivity contribution in [2.24, 2.45) is 5.73 Å². The second-order valence-corrected chi connectivity index (χ2v) is 9.06. The lowest BCUT2D eigenvalue weighted by Crippen LogP contribution is -2.35. The number of ether oxygens (including phenoxy) is 3. The molecule has 10 heteroatoms. The van der Waals surface area contributed by atoms with E-state index in [0.717, 1.165) is 54.9 Å². The standard InChI is InChI=1S/C27H35N7O3/c28-9-12-35-14-15-36-13-10-29-16-20-7-8-24(23-6-2-1-5-22(20)23)37-17-21-4-3-11-34(21)27-25-26(31-18-30-25)32-19-33-27/h1-2,5-8,18-19,21,29H,3-4,9-17,28H2,(H,30,31,32,33)/t21-/m1/s1. The summed E-state index contributed by atoms with van der Waals surface area (Å²) in [5.41, 5.74) is 8.21. The smallest absolute Gasteiger partial charge is 0.182 e. The lowest BCUT2D eigenvalue weighted by molar-refractivity contribution is 0.0518. The normalized spacial score (nSPS) is 15.7. The van der Waals surface area contributed by atoms with Crippen molar-refractivity contribution in [3.63, 3.8) is 0 Å². The molecule has 1 aliphatic heterocycles. The van der Waals surface area contributed by atoms with Crippen LogP contribution in [0.4, 0.5) is 5.82 Å². The van der Waals surface area contributed by atoms with Crippen molar-refractivity contribution in [3.05, 3.63) is 54.6 Å². The summed E-state index contributed by atoms with van der Waals surface area (Å²) in [5.74, 6) is 1.80. The minimum atomic E-state index is 0.238. The van der Waals surface area contributed by atoms with Crippen molar-refractivity contribution in [3.8, 4) is 5.75 Å². The number of aromatic nitrogens is 4. The molecule has 5 rings (SSSR count). The number of H-pyrrole nitrogens is 1. The van der Waals surface area contributed by atoms with Crippen LogP contribution >= 0.6 is 0 Å². The van der Waals surface area contributed by atoms with Crippen molar-refractivity contribution in [2.45, 2.75) is 25.4 Å². The van der Waals surface area contributed by atoms with E-state index in [1.54, 1.807) is 12.7 Å². The van der Waals surface area contributed by atoms with E-state index < -0.39 is 0 Å². The molecule has 0 bridgehead atoms. The highest BCUT2D eigenvalue weighted by Gasteiger charge is 2.28. The van der Waals surface area contributed by atoms with Gasteiger partial charge in [-0.05, 0) is 29.9 Å². The van der Waals surface area contributed by atoms with Gasteiger partial charge in [0.15, 0.2) is 11.5 Å². The predicted octanol–water partition coefficient (Wildman–Crippen LogP) is 2.64. The summed E-state index contributed by atoms with van der Waals surface area (Å²) >= 11 is 0. The first-order valence-corrected chi connectivity index (χ1v) is 13.0. The van der Waals surface area contributed by atoms with Crippen LogP contribution in [-0.4, -0.2) is 78.6 Å². The Labute approximate surface area is 216 Å². The molecule has 2 aromatic carbocycles. The van der Waals surface area contributed by atoms with Crippen LogP contribution in [0.1, 0.15) is 18.4 Å². The number of aromatic amines is 1. The van der Waals surface area contributed by atoms with Crippen molar-refractivity contribution in [1.82, 2.24) is 25.3 Å². The first-order valence-electron chi connectivity index (χ1n) is 13.0. The molecule has 196 valence electrons. The van der Waals surface area contributed by atoms with Gasteiger partial charge in [-0.3, -0.25) is 0 Å². The Morgan fingerprint density at radius 2 is 1.86 bits per heavy atom. The van der Waals surface area contributed by atoms with Crippen molar-refractivity contribution in [2.75, 3.05) is 57.6 Å². The molecule has 10 nitrogen and oxygen atoms in total. The van der Waals surface area contributed by atoms with E-state index in [2.05, 4.69) is 66.6 Å². The van der Waals surface area contributed by atoms with Gasteiger partial charge in [-0.2, -0.15) is 0 Å². The third-order valence-corrected chi connectivity index (χ3v) is 6.63. The van der Waals surface area contributed by atoms with E-state index in [-0.39, 0.29) is 6.04 Å². The molecular weight excluding hydrogens is 470 g/mol. The van der Waals surface area contributed by atoms with Gasteiger partial charge in [0.1, 0.15) is 24.2 Å². The number of anilines is 1. The first kappa shape index (κ1) is 25.3. The number of fused-ring (bicyclic) bond motifs is 2. The van der Waals surface area contributed by atoms with E-state index in [1.165, 1.54) is 10.9 Å². The van der Waals surface area contributed by atoms with Crippen molar-refractivity contribution >= 4 is 27.8 Å². The number of nitrogens with zero attached hydrogens (tertiary/aromatic N) is 4. The summed E-state index contributed by atoms with van der Waals surface area (Å²) in [4.78, 5) is 18.6. The molecule has 0 saturated carbocycles. The van der Waals surface area contributed by atoms with E-state index >= 15 is 0 Å². The van der Waals surface area contributed by atoms with E-state index in [0.29, 0.717) is 45.2 Å². The molecule has 4 N–H and O–H groups in total. The minimum Gasteiger partial charge on any atom is -0.491 e. The molecule has 37 heavy (non-hydrogen) atoms. The number of nitrogens with one attached hydrogen (secondary N) is 2. The molecule has 0 radical (unpaired) electrons. The molecule has 3 heterocycles. The van der Waals surface area contributed by atoms with Gasteiger partial charge in [-0.15, -0.1) is 0 Å². The molecule has 0 unspecified atom stereocenters. The summed E-state index contributed by atoms with van der Waals surface area (Å²) in [6.45, 7) is 5.97. The molecule has 1 atom stereocenters. The average molecular weight is 506 g/mol. The maximum absolute atomic E-state index is 6.43. The topological polar surface area (TPSA) is 123 Å². The number of benzene rings is 2. The Bertz CT molecular complexity index is 1280. The zero-order valence-corrected chi connectivity index (χ0v) is 21.1. The van der Waals surface area contributed by atoms with Gasteiger partial charge in [0.25, 0.3) is 0 Å². The van der Waals surface area contributed by atoms with Gasteiger partial charge in [0.05, 0.1) is 38.8 Å². The number of hydrogen-bond donors (Lipinski definition) is 3. The Balaban J connectivity index is 1.18. The van der Waals surface area contributed by atoms with Crippen molar-refractivity contribution in [1.29, 1.82) is 0 Å². The summed E-state index contributed by atoms with van der Waals surface area (Å²) in [6.07, 6.45) is 5.41. The van der Waals surface area contributed by atoms with Crippen LogP contribution in [0.25, 0.3) is 21.9 Å². The molecule has 0 amide bonds. The number of imidazole rings is 1. The fraction of sp³-hybridized carbons (Fsp3) is 0.444. The molecule has 0 aliphatic carbocycles. The fourth-order valence-corrected chi connectivity index (χ4v) is 4.83. The van der Waals surface area contributed by atoms with Gasteiger partial charge >= 0.3 is 0 Å². The van der Waals surface area contributed by atoms with Crippen LogP contribution in [0, 0.1) is 0 Å². The minimum absolute atomic E-state index is 0.238. The molecular formula is C27H35N7O3. The molecule has 2 aromatic heterocycles. The van der Waals surface area contributed by atoms with E-state index in [1.807, 2.05) is 0 Å². The summed E-state index contributed by atoms with van der Waals surface area (Å²) in [5, 5.41) is 5.79. The lowest BCUT2D eigenvalue weighted by Gasteiger charge is -2.26. The van der Waals surface area contributed by atoms with Gasteiger partial charge in [-0.1, -0.05) is 30.3 Å². The third-order valence-electron chi connectivity index (χ3n) is 6.63. The molecule has 4 aromatic rings. The SMILES string of the molecule is NCCOCCOCCNCc1ccc(OC[C@H]2CCCN2c2ncnc3nc[nH]c23)c2ccccc12. The Morgan fingerprint density at radius 3 is 2.76 bits per heavy atom. The number of rotatable bonds is 14. The summed E-state index contributed by atoms with van der Waals surface area (Å²) < 4.78 is 17.3. The summed E-state index contributed by atoms with van der Waals surface area (Å²) in [7, 11) is 0. The quantitative estimate of drug-likeness (QED) is 0.222. The highest BCUT2D eigenvalue weighted by molar-refractivity contribution is 5.91. The number of hydrogen-bond acceptors (Lipinski definition) is 9. The fourth-order valence-electron chi connectivity index (χ4n) is 4.83. The lowest BCUT2D eigenvalue weighted by atomic mass is 10.0. The van der Waals surface area contributed by atoms with Crippen LogP contribution in [-0.2, 0) is 16.0 Å². The van der Waals surface area contributed by atoms with Crippen LogP contribution in [0.3, 0.4) is 0 Å². The monoisotopic (exact) mass is 505 g/mol. The van der Waals surface area contributed by atoms with E-state index in [9.17, 15) is 0 Å². The van der Waals surface area contributed by atoms with Gasteiger partial charge < -0.3 is 35.1 Å². The Morgan fingerprint density at radius 1 is 1.00 bits per heavy atom. The van der Waals surface area contributed by atoms with E-state index in [4.69, 9.17) is 19.9 Å². The molecule has 1 fully saturated rings. The van der Waals surface area contributed by atoms with Crippen molar-refractivity contribution < 1.29 is 14.2 Å². The molecule has 1 saturated heterocycles. The van der Waals surface area contributed by atoms with Crippen LogP contribution in [0.15, 0.2) is 49.1 Å². The van der Waals surface area contributed by atoms with Gasteiger partial charge in [-0.25, -0.2) is 15.0 Å². The van der Waals surface area contributed by atoms with Crippen LogP contribution in [0.2, 0.25) is 0 Å². The third kappa shape index (κ3) is 6.16. The zero-order chi connectivity index (χ0) is 25.3. The van der Waals surface area contributed by atoms with Crippen LogP contribution in [0.5, 0.6) is 5.75 Å². The highest BCUT2D eigenvalue weighted by atomic mass is 16.5. The first-order chi connectivity index (χ1) is 18.3. The van der Waals surface area contributed by atoms with Gasteiger partial charge in [0, 0.05) is 31.6 Å². The number of nitrogens with two attached hydrogens (primary N) is 1. The highest BCUT2D eigenvalue weighted by Crippen LogP contribution is 2.31. The Kier molecular flexibility index (Phi) is 8.75.